The molecule has 3 aromatic heterocycles. The first-order valence-electron chi connectivity index (χ1n) is 8.86. The van der Waals surface area contributed by atoms with E-state index < -0.39 is 0 Å². The molecule has 26 heavy (non-hydrogen) atoms. The molecule has 2 N–H and O–H groups in total. The summed E-state index contributed by atoms with van der Waals surface area (Å²) in [6, 6.07) is 3.98. The summed E-state index contributed by atoms with van der Waals surface area (Å²) in [4.78, 5) is 23.5. The van der Waals surface area contributed by atoms with Gasteiger partial charge in [0.25, 0.3) is 0 Å². The van der Waals surface area contributed by atoms with E-state index in [1.165, 1.54) is 0 Å². The molecule has 3 aromatic rings. The van der Waals surface area contributed by atoms with Gasteiger partial charge in [-0.3, -0.25) is 14.9 Å². The lowest BCUT2D eigenvalue weighted by atomic mass is 9.96. The number of pyridine rings is 2. The van der Waals surface area contributed by atoms with E-state index >= 15 is 0 Å². The first-order chi connectivity index (χ1) is 12.6. The highest BCUT2D eigenvalue weighted by molar-refractivity contribution is 5.93. The summed E-state index contributed by atoms with van der Waals surface area (Å²) in [7, 11) is 2.09. The molecule has 0 spiro atoms. The topological polar surface area (TPSA) is 86.8 Å². The fourth-order valence-corrected chi connectivity index (χ4v) is 3.36. The van der Waals surface area contributed by atoms with Gasteiger partial charge < -0.3 is 10.2 Å². The second-order valence-electron chi connectivity index (χ2n) is 6.97. The lowest BCUT2D eigenvalue weighted by molar-refractivity contribution is -0.121. The monoisotopic (exact) mass is 350 g/mol. The number of amides is 1. The summed E-state index contributed by atoms with van der Waals surface area (Å²) < 4.78 is 0. The smallest absolute Gasteiger partial charge is 0.227 e. The van der Waals surface area contributed by atoms with Gasteiger partial charge in [0, 0.05) is 40.5 Å². The molecule has 7 heteroatoms. The Kier molecular flexibility index (Phi) is 4.38. The molecule has 1 aliphatic rings. The van der Waals surface area contributed by atoms with Crippen molar-refractivity contribution in [2.45, 2.75) is 19.8 Å². The van der Waals surface area contributed by atoms with Gasteiger partial charge in [-0.15, -0.1) is 0 Å². The lowest BCUT2D eigenvalue weighted by Gasteiger charge is -2.28. The van der Waals surface area contributed by atoms with Crippen molar-refractivity contribution in [2.75, 3.05) is 25.5 Å². The molecule has 0 aromatic carbocycles. The molecule has 7 nitrogen and oxygen atoms in total. The van der Waals surface area contributed by atoms with E-state index in [0.29, 0.717) is 5.65 Å². The van der Waals surface area contributed by atoms with Crippen LogP contribution in [-0.2, 0) is 4.79 Å². The molecule has 0 radical (unpaired) electrons. The number of carbonyl (C=O) groups excluding carboxylic acids is 1. The van der Waals surface area contributed by atoms with Gasteiger partial charge in [0.05, 0.1) is 11.9 Å². The van der Waals surface area contributed by atoms with Gasteiger partial charge in [0.15, 0.2) is 5.65 Å². The van der Waals surface area contributed by atoms with E-state index in [4.69, 9.17) is 0 Å². The zero-order chi connectivity index (χ0) is 18.1. The Balaban J connectivity index is 1.54. The number of fused-ring (bicyclic) bond motifs is 1. The number of hydrogen-bond acceptors (Lipinski definition) is 5. The minimum Gasteiger partial charge on any atom is -0.324 e. The van der Waals surface area contributed by atoms with Gasteiger partial charge in [0.1, 0.15) is 0 Å². The van der Waals surface area contributed by atoms with E-state index in [9.17, 15) is 4.79 Å². The maximum Gasteiger partial charge on any atom is 0.227 e. The third kappa shape index (κ3) is 3.30. The predicted molar refractivity (Wildman–Crippen MR) is 101 cm³/mol. The Bertz CT molecular complexity index is 942. The summed E-state index contributed by atoms with van der Waals surface area (Å²) in [5.41, 5.74) is 4.27. The molecule has 0 unspecified atom stereocenters. The van der Waals surface area contributed by atoms with Crippen molar-refractivity contribution in [1.29, 1.82) is 0 Å². The van der Waals surface area contributed by atoms with Crippen molar-refractivity contribution in [1.82, 2.24) is 25.1 Å². The molecular weight excluding hydrogens is 328 g/mol. The number of anilines is 1. The Hall–Kier alpha value is -2.80. The standard InChI is InChI=1S/C19H22N6O/c1-12-17-8-15(10-21-18(17)24-23-12)14-7-16(11-20-9-14)22-19(26)13-3-5-25(2)6-4-13/h7-11,13H,3-6H2,1-2H3,(H,22,26)(H,21,23,24). The maximum atomic E-state index is 12.5. The molecule has 0 saturated carbocycles. The van der Waals surface area contributed by atoms with Crippen LogP contribution in [0.1, 0.15) is 18.5 Å². The molecule has 4 heterocycles. The number of nitrogens with zero attached hydrogens (tertiary/aromatic N) is 4. The molecule has 0 aliphatic carbocycles. The minimum absolute atomic E-state index is 0.0708. The molecule has 1 aliphatic heterocycles. The lowest BCUT2D eigenvalue weighted by Crippen LogP contribution is -2.35. The van der Waals surface area contributed by atoms with Gasteiger partial charge in [-0.25, -0.2) is 4.98 Å². The third-order valence-electron chi connectivity index (χ3n) is 5.03. The van der Waals surface area contributed by atoms with Crippen LogP contribution in [0.5, 0.6) is 0 Å². The molecule has 1 amide bonds. The molecule has 134 valence electrons. The quantitative estimate of drug-likeness (QED) is 0.758. The summed E-state index contributed by atoms with van der Waals surface area (Å²) in [5.74, 6) is 0.151. The Morgan fingerprint density at radius 3 is 2.77 bits per heavy atom. The average Bonchev–Trinajstić information content (AvgIpc) is 3.03. The van der Waals surface area contributed by atoms with E-state index in [2.05, 4.69) is 37.4 Å². The Morgan fingerprint density at radius 1 is 1.19 bits per heavy atom. The maximum absolute atomic E-state index is 12.5. The fourth-order valence-electron chi connectivity index (χ4n) is 3.36. The Labute approximate surface area is 151 Å². The van der Waals surface area contributed by atoms with Crippen molar-refractivity contribution >= 4 is 22.6 Å². The fraction of sp³-hybridized carbons (Fsp3) is 0.368. The normalized spacial score (nSPS) is 16.1. The van der Waals surface area contributed by atoms with Crippen molar-refractivity contribution in [3.63, 3.8) is 0 Å². The van der Waals surface area contributed by atoms with Crippen molar-refractivity contribution in [3.8, 4) is 11.1 Å². The van der Waals surface area contributed by atoms with Crippen LogP contribution in [0.4, 0.5) is 5.69 Å². The van der Waals surface area contributed by atoms with Crippen molar-refractivity contribution < 1.29 is 4.79 Å². The summed E-state index contributed by atoms with van der Waals surface area (Å²) in [6.07, 6.45) is 7.04. The van der Waals surface area contributed by atoms with Crippen LogP contribution < -0.4 is 5.32 Å². The minimum atomic E-state index is 0.0708. The van der Waals surface area contributed by atoms with Gasteiger partial charge in [-0.05, 0) is 52.0 Å². The van der Waals surface area contributed by atoms with Crippen LogP contribution in [-0.4, -0.2) is 51.1 Å². The number of H-pyrrole nitrogens is 1. The van der Waals surface area contributed by atoms with Crippen molar-refractivity contribution in [3.05, 3.63) is 36.4 Å². The van der Waals surface area contributed by atoms with Crippen LogP contribution in [0.3, 0.4) is 0 Å². The summed E-state index contributed by atoms with van der Waals surface area (Å²) in [6.45, 7) is 3.90. The van der Waals surface area contributed by atoms with Crippen LogP contribution in [0, 0.1) is 12.8 Å². The SMILES string of the molecule is Cc1[nH]nc2ncc(-c3cncc(NC(=O)C4CCN(C)CC4)c3)cc12. The van der Waals surface area contributed by atoms with Gasteiger partial charge in [-0.2, -0.15) is 5.10 Å². The van der Waals surface area contributed by atoms with Crippen LogP contribution in [0.2, 0.25) is 0 Å². The third-order valence-corrected chi connectivity index (χ3v) is 5.03. The molecular formula is C19H22N6O. The molecule has 1 saturated heterocycles. The van der Waals surface area contributed by atoms with E-state index in [-0.39, 0.29) is 11.8 Å². The molecule has 1 fully saturated rings. The van der Waals surface area contributed by atoms with Gasteiger partial charge in [-0.1, -0.05) is 0 Å². The highest BCUT2D eigenvalue weighted by atomic mass is 16.1. The number of carbonyl (C=O) groups is 1. The number of rotatable bonds is 3. The van der Waals surface area contributed by atoms with Crippen LogP contribution >= 0.6 is 0 Å². The predicted octanol–water partition coefficient (Wildman–Crippen LogP) is 2.61. The van der Waals surface area contributed by atoms with E-state index in [0.717, 1.165) is 53.8 Å². The average molecular weight is 350 g/mol. The largest absolute Gasteiger partial charge is 0.324 e. The van der Waals surface area contributed by atoms with Crippen LogP contribution in [0.25, 0.3) is 22.2 Å². The molecule has 0 atom stereocenters. The van der Waals surface area contributed by atoms with Crippen molar-refractivity contribution in [2.24, 2.45) is 5.92 Å². The Morgan fingerprint density at radius 2 is 1.96 bits per heavy atom. The number of nitrogens with one attached hydrogen (secondary N) is 2. The molecule has 4 rings (SSSR count). The van der Waals surface area contributed by atoms with E-state index in [1.807, 2.05) is 19.1 Å². The first kappa shape index (κ1) is 16.7. The highest BCUT2D eigenvalue weighted by Crippen LogP contribution is 2.25. The summed E-state index contributed by atoms with van der Waals surface area (Å²) in [5, 5.41) is 11.1. The van der Waals surface area contributed by atoms with Gasteiger partial charge >= 0.3 is 0 Å². The number of aromatic nitrogens is 4. The summed E-state index contributed by atoms with van der Waals surface area (Å²) >= 11 is 0. The number of piperidine rings is 1. The number of likely N-dealkylation sites (tertiary alicyclic amines) is 1. The second-order valence-corrected chi connectivity index (χ2v) is 6.97. The zero-order valence-corrected chi connectivity index (χ0v) is 15.0. The van der Waals surface area contributed by atoms with Gasteiger partial charge in [0.2, 0.25) is 5.91 Å². The number of hydrogen-bond donors (Lipinski definition) is 2. The number of aryl methyl sites for hydroxylation is 1. The number of aromatic amines is 1. The zero-order valence-electron chi connectivity index (χ0n) is 15.0. The highest BCUT2D eigenvalue weighted by Gasteiger charge is 2.23. The molecule has 0 bridgehead atoms. The second kappa shape index (κ2) is 6.84. The van der Waals surface area contributed by atoms with E-state index in [1.54, 1.807) is 18.6 Å². The first-order valence-corrected chi connectivity index (χ1v) is 8.86. The van der Waals surface area contributed by atoms with Crippen LogP contribution in [0.15, 0.2) is 30.7 Å².